The smallest absolute Gasteiger partial charge is 0.118 e. The zero-order valence-electron chi connectivity index (χ0n) is 9.13. The Bertz CT molecular complexity index is 261. The molecule has 0 aromatic heterocycles. The van der Waals surface area contributed by atoms with Gasteiger partial charge in [0.2, 0.25) is 0 Å². The van der Waals surface area contributed by atoms with Gasteiger partial charge in [-0.3, -0.25) is 0 Å². The fraction of sp³-hybridized carbons (Fsp3) is 0.500. The summed E-state index contributed by atoms with van der Waals surface area (Å²) in [6, 6.07) is 8.21. The highest BCUT2D eigenvalue weighted by atomic mass is 127. The maximum atomic E-state index is 5.11. The zero-order chi connectivity index (χ0) is 10.9. The summed E-state index contributed by atoms with van der Waals surface area (Å²) in [5, 5.41) is 3.43. The molecular weight excluding hydrogens is 301 g/mol. The molecule has 1 N–H and O–H groups in total. The number of unbranched alkanes of at least 4 members (excludes halogenated alkanes) is 1. The highest BCUT2D eigenvalue weighted by Crippen LogP contribution is 2.10. The van der Waals surface area contributed by atoms with Gasteiger partial charge in [-0.2, -0.15) is 0 Å². The van der Waals surface area contributed by atoms with E-state index in [0.717, 1.165) is 18.8 Å². The van der Waals surface area contributed by atoms with Crippen molar-refractivity contribution in [1.29, 1.82) is 0 Å². The first kappa shape index (κ1) is 12.8. The number of rotatable bonds is 7. The van der Waals surface area contributed by atoms with Crippen molar-refractivity contribution in [3.63, 3.8) is 0 Å². The van der Waals surface area contributed by atoms with E-state index in [2.05, 4.69) is 40.0 Å². The van der Waals surface area contributed by atoms with Crippen LogP contribution in [-0.4, -0.2) is 18.1 Å². The number of alkyl halides is 1. The summed E-state index contributed by atoms with van der Waals surface area (Å²) in [5.74, 6) is 0.920. The van der Waals surface area contributed by atoms with E-state index in [0.29, 0.717) is 0 Å². The number of hydrogen-bond acceptors (Lipinski definition) is 2. The zero-order valence-corrected chi connectivity index (χ0v) is 11.3. The van der Waals surface area contributed by atoms with Crippen molar-refractivity contribution in [3.05, 3.63) is 29.8 Å². The first-order valence-corrected chi connectivity index (χ1v) is 6.79. The maximum absolute atomic E-state index is 5.11. The molecule has 15 heavy (non-hydrogen) atoms. The number of ether oxygens (including phenoxy) is 1. The maximum Gasteiger partial charge on any atom is 0.118 e. The van der Waals surface area contributed by atoms with E-state index >= 15 is 0 Å². The van der Waals surface area contributed by atoms with E-state index in [1.807, 2.05) is 12.1 Å². The van der Waals surface area contributed by atoms with Gasteiger partial charge in [-0.15, -0.1) is 0 Å². The van der Waals surface area contributed by atoms with Gasteiger partial charge >= 0.3 is 0 Å². The van der Waals surface area contributed by atoms with E-state index in [-0.39, 0.29) is 0 Å². The van der Waals surface area contributed by atoms with Crippen molar-refractivity contribution in [2.45, 2.75) is 19.4 Å². The Labute approximate surface area is 106 Å². The SMILES string of the molecule is COc1ccc(CNCCCCI)cc1. The summed E-state index contributed by atoms with van der Waals surface area (Å²) in [4.78, 5) is 0. The average Bonchev–Trinajstić information content (AvgIpc) is 2.30. The molecule has 1 aromatic rings. The lowest BCUT2D eigenvalue weighted by molar-refractivity contribution is 0.414. The highest BCUT2D eigenvalue weighted by molar-refractivity contribution is 14.1. The fourth-order valence-electron chi connectivity index (χ4n) is 1.32. The molecule has 0 aliphatic rings. The molecule has 0 heterocycles. The van der Waals surface area contributed by atoms with Gasteiger partial charge < -0.3 is 10.1 Å². The standard InChI is InChI=1S/C12H18INO/c1-15-12-6-4-11(5-7-12)10-14-9-3-2-8-13/h4-7,14H,2-3,8-10H2,1H3. The van der Waals surface area contributed by atoms with Crippen LogP contribution in [0.4, 0.5) is 0 Å². The Kier molecular flexibility index (Phi) is 6.76. The summed E-state index contributed by atoms with van der Waals surface area (Å²) in [6.45, 7) is 2.06. The Morgan fingerprint density at radius 1 is 1.20 bits per heavy atom. The molecule has 0 amide bonds. The molecule has 3 heteroatoms. The molecule has 0 saturated carbocycles. The van der Waals surface area contributed by atoms with Crippen molar-refractivity contribution in [2.24, 2.45) is 0 Å². The second kappa shape index (κ2) is 7.93. The predicted molar refractivity (Wildman–Crippen MR) is 72.8 cm³/mol. The van der Waals surface area contributed by atoms with E-state index in [4.69, 9.17) is 4.74 Å². The number of benzene rings is 1. The molecule has 84 valence electrons. The van der Waals surface area contributed by atoms with Gasteiger partial charge in [0.1, 0.15) is 5.75 Å². The van der Waals surface area contributed by atoms with E-state index in [1.54, 1.807) is 7.11 Å². The van der Waals surface area contributed by atoms with Crippen molar-refractivity contribution in [2.75, 3.05) is 18.1 Å². The number of methoxy groups -OCH3 is 1. The first-order chi connectivity index (χ1) is 7.36. The van der Waals surface area contributed by atoms with Crippen LogP contribution in [0.15, 0.2) is 24.3 Å². The van der Waals surface area contributed by atoms with Crippen LogP contribution >= 0.6 is 22.6 Å². The Balaban J connectivity index is 2.20. The molecule has 0 aliphatic heterocycles. The lowest BCUT2D eigenvalue weighted by Crippen LogP contribution is -2.14. The molecule has 0 saturated heterocycles. The van der Waals surface area contributed by atoms with Crippen LogP contribution in [0.2, 0.25) is 0 Å². The minimum absolute atomic E-state index is 0.920. The van der Waals surface area contributed by atoms with Gasteiger partial charge in [0, 0.05) is 6.54 Å². The van der Waals surface area contributed by atoms with E-state index in [1.165, 1.54) is 22.8 Å². The van der Waals surface area contributed by atoms with Crippen LogP contribution in [0.1, 0.15) is 18.4 Å². The summed E-state index contributed by atoms with van der Waals surface area (Å²) < 4.78 is 6.36. The largest absolute Gasteiger partial charge is 0.497 e. The molecule has 0 bridgehead atoms. The summed E-state index contributed by atoms with van der Waals surface area (Å²) in [7, 11) is 1.69. The van der Waals surface area contributed by atoms with Gasteiger partial charge in [0.05, 0.1) is 7.11 Å². The van der Waals surface area contributed by atoms with Crippen LogP contribution in [0.25, 0.3) is 0 Å². The summed E-state index contributed by atoms with van der Waals surface area (Å²) in [5.41, 5.74) is 1.31. The molecule has 1 aromatic carbocycles. The molecule has 0 unspecified atom stereocenters. The third-order valence-electron chi connectivity index (χ3n) is 2.23. The molecule has 0 spiro atoms. The van der Waals surface area contributed by atoms with Crippen LogP contribution in [0.5, 0.6) is 5.75 Å². The highest BCUT2D eigenvalue weighted by Gasteiger charge is 1.93. The molecular formula is C12H18INO. The van der Waals surface area contributed by atoms with Crippen LogP contribution < -0.4 is 10.1 Å². The third kappa shape index (κ3) is 5.37. The van der Waals surface area contributed by atoms with Crippen molar-refractivity contribution in [1.82, 2.24) is 5.32 Å². The van der Waals surface area contributed by atoms with Crippen LogP contribution in [-0.2, 0) is 6.54 Å². The number of hydrogen-bond donors (Lipinski definition) is 1. The normalized spacial score (nSPS) is 10.3. The number of nitrogens with one attached hydrogen (secondary N) is 1. The molecule has 1 rings (SSSR count). The summed E-state index contributed by atoms with van der Waals surface area (Å²) >= 11 is 2.42. The van der Waals surface area contributed by atoms with Gasteiger partial charge in [0.25, 0.3) is 0 Å². The topological polar surface area (TPSA) is 21.3 Å². The lowest BCUT2D eigenvalue weighted by atomic mass is 10.2. The Morgan fingerprint density at radius 3 is 2.53 bits per heavy atom. The Morgan fingerprint density at radius 2 is 1.93 bits per heavy atom. The minimum atomic E-state index is 0.920. The van der Waals surface area contributed by atoms with Crippen molar-refractivity contribution in [3.8, 4) is 5.75 Å². The Hall–Kier alpha value is -0.290. The monoisotopic (exact) mass is 319 g/mol. The quantitative estimate of drug-likeness (QED) is 0.474. The third-order valence-corrected chi connectivity index (χ3v) is 2.99. The second-order valence-electron chi connectivity index (χ2n) is 3.42. The molecule has 0 atom stereocenters. The van der Waals surface area contributed by atoms with Gasteiger partial charge in [-0.05, 0) is 41.5 Å². The van der Waals surface area contributed by atoms with E-state index in [9.17, 15) is 0 Å². The second-order valence-corrected chi connectivity index (χ2v) is 4.50. The van der Waals surface area contributed by atoms with Gasteiger partial charge in [0.15, 0.2) is 0 Å². The minimum Gasteiger partial charge on any atom is -0.497 e. The van der Waals surface area contributed by atoms with E-state index < -0.39 is 0 Å². The average molecular weight is 319 g/mol. The lowest BCUT2D eigenvalue weighted by Gasteiger charge is -2.05. The van der Waals surface area contributed by atoms with Crippen molar-refractivity contribution < 1.29 is 4.74 Å². The number of halogens is 1. The van der Waals surface area contributed by atoms with Gasteiger partial charge in [-0.1, -0.05) is 34.7 Å². The van der Waals surface area contributed by atoms with Gasteiger partial charge in [-0.25, -0.2) is 0 Å². The molecule has 0 radical (unpaired) electrons. The van der Waals surface area contributed by atoms with Crippen LogP contribution in [0.3, 0.4) is 0 Å². The molecule has 0 aliphatic carbocycles. The van der Waals surface area contributed by atoms with Crippen LogP contribution in [0, 0.1) is 0 Å². The molecule has 0 fully saturated rings. The van der Waals surface area contributed by atoms with Crippen molar-refractivity contribution >= 4 is 22.6 Å². The first-order valence-electron chi connectivity index (χ1n) is 5.26. The predicted octanol–water partition coefficient (Wildman–Crippen LogP) is 3.00. The molecule has 2 nitrogen and oxygen atoms in total. The fourth-order valence-corrected chi connectivity index (χ4v) is 1.86. The summed E-state index contributed by atoms with van der Waals surface area (Å²) in [6.07, 6.45) is 2.56.